The molecule has 2 unspecified atom stereocenters. The van der Waals surface area contributed by atoms with Crippen molar-refractivity contribution in [2.24, 2.45) is 0 Å². The van der Waals surface area contributed by atoms with E-state index in [-0.39, 0.29) is 30.6 Å². The van der Waals surface area contributed by atoms with Crippen LogP contribution in [0.4, 0.5) is 4.79 Å². The number of nitrogens with zero attached hydrogens (tertiary/aromatic N) is 3. The molecule has 184 valence electrons. The van der Waals surface area contributed by atoms with E-state index < -0.39 is 5.60 Å². The van der Waals surface area contributed by atoms with Crippen molar-refractivity contribution in [3.8, 4) is 0 Å². The lowest BCUT2D eigenvalue weighted by Crippen LogP contribution is -2.45. The predicted octanol–water partition coefficient (Wildman–Crippen LogP) is 4.97. The Morgan fingerprint density at radius 1 is 1.32 bits per heavy atom. The molecular formula is C25H31Cl2N3O4. The minimum Gasteiger partial charge on any atom is -0.444 e. The molecule has 0 aromatic carbocycles. The van der Waals surface area contributed by atoms with Crippen LogP contribution in [-0.2, 0) is 17.9 Å². The third kappa shape index (κ3) is 4.83. The van der Waals surface area contributed by atoms with Gasteiger partial charge < -0.3 is 19.6 Å². The molecule has 0 radical (unpaired) electrons. The van der Waals surface area contributed by atoms with Crippen LogP contribution in [-0.4, -0.2) is 56.6 Å². The molecule has 2 atom stereocenters. The number of hydrogen-bond acceptors (Lipinski definition) is 5. The Balaban J connectivity index is 1.62. The number of aromatic nitrogens is 1. The maximum absolute atomic E-state index is 13.7. The van der Waals surface area contributed by atoms with E-state index in [9.17, 15) is 14.7 Å². The molecule has 2 aliphatic heterocycles. The summed E-state index contributed by atoms with van der Waals surface area (Å²) < 4.78 is 5.58. The van der Waals surface area contributed by atoms with E-state index in [1.165, 1.54) is 0 Å². The molecule has 1 fully saturated rings. The zero-order valence-corrected chi connectivity index (χ0v) is 21.5. The molecule has 0 saturated carbocycles. The minimum atomic E-state index is -0.578. The number of carbonyl (C=O) groups excluding carboxylic acids is 2. The van der Waals surface area contributed by atoms with E-state index in [0.717, 1.165) is 18.4 Å². The SMILES string of the molecule is Cc1nc2c(c(C3CC=C(Cl)C=C3Cl)c1CO)C(=O)N(CC1CCCN1C(=O)OC(C)(C)C)C2. The van der Waals surface area contributed by atoms with Gasteiger partial charge in [0.15, 0.2) is 0 Å². The van der Waals surface area contributed by atoms with Crippen molar-refractivity contribution in [3.63, 3.8) is 0 Å². The van der Waals surface area contributed by atoms with E-state index in [1.807, 2.05) is 33.8 Å². The van der Waals surface area contributed by atoms with Crippen molar-refractivity contribution < 1.29 is 19.4 Å². The van der Waals surface area contributed by atoms with Gasteiger partial charge in [0.1, 0.15) is 5.60 Å². The number of likely N-dealkylation sites (tertiary alicyclic amines) is 1. The molecular weight excluding hydrogens is 477 g/mol. The van der Waals surface area contributed by atoms with Crippen LogP contribution in [0.5, 0.6) is 0 Å². The number of amides is 2. The van der Waals surface area contributed by atoms with Gasteiger partial charge in [-0.15, -0.1) is 0 Å². The van der Waals surface area contributed by atoms with Gasteiger partial charge in [0.05, 0.1) is 30.5 Å². The molecule has 9 heteroatoms. The number of hydrogen-bond donors (Lipinski definition) is 1. The van der Waals surface area contributed by atoms with Crippen molar-refractivity contribution >= 4 is 35.2 Å². The highest BCUT2D eigenvalue weighted by molar-refractivity contribution is 6.35. The average molecular weight is 508 g/mol. The molecule has 1 aromatic rings. The number of fused-ring (bicyclic) bond motifs is 1. The molecule has 3 aliphatic rings. The van der Waals surface area contributed by atoms with E-state index in [2.05, 4.69) is 4.98 Å². The summed E-state index contributed by atoms with van der Waals surface area (Å²) in [4.78, 5) is 34.5. The van der Waals surface area contributed by atoms with Gasteiger partial charge >= 0.3 is 6.09 Å². The number of aliphatic hydroxyl groups excluding tert-OH is 1. The summed E-state index contributed by atoms with van der Waals surface area (Å²) >= 11 is 12.7. The third-order valence-corrected chi connectivity index (χ3v) is 7.20. The van der Waals surface area contributed by atoms with Crippen LogP contribution in [0.2, 0.25) is 0 Å². The van der Waals surface area contributed by atoms with Crippen molar-refractivity contribution in [1.82, 2.24) is 14.8 Å². The highest BCUT2D eigenvalue weighted by Crippen LogP contribution is 2.43. The summed E-state index contributed by atoms with van der Waals surface area (Å²) in [7, 11) is 0. The van der Waals surface area contributed by atoms with Crippen LogP contribution in [0.15, 0.2) is 22.2 Å². The fourth-order valence-corrected chi connectivity index (χ4v) is 5.63. The highest BCUT2D eigenvalue weighted by Gasteiger charge is 2.40. The molecule has 2 amide bonds. The first-order valence-electron chi connectivity index (χ1n) is 11.6. The second kappa shape index (κ2) is 9.51. The van der Waals surface area contributed by atoms with E-state index in [0.29, 0.717) is 58.6 Å². The Labute approximate surface area is 210 Å². The summed E-state index contributed by atoms with van der Waals surface area (Å²) in [6.07, 6.45) is 5.43. The van der Waals surface area contributed by atoms with Crippen LogP contribution in [0.3, 0.4) is 0 Å². The van der Waals surface area contributed by atoms with Crippen LogP contribution in [0, 0.1) is 6.92 Å². The van der Waals surface area contributed by atoms with E-state index in [1.54, 1.807) is 15.9 Å². The van der Waals surface area contributed by atoms with Gasteiger partial charge in [0, 0.05) is 40.3 Å². The Hall–Kier alpha value is -2.09. The summed E-state index contributed by atoms with van der Waals surface area (Å²) in [5.74, 6) is -0.413. The van der Waals surface area contributed by atoms with Gasteiger partial charge in [0.2, 0.25) is 0 Å². The van der Waals surface area contributed by atoms with Gasteiger partial charge in [0.25, 0.3) is 5.91 Å². The Morgan fingerprint density at radius 3 is 2.71 bits per heavy atom. The Bertz CT molecular complexity index is 1080. The normalized spacial score (nSPS) is 22.6. The number of ether oxygens (including phenoxy) is 1. The van der Waals surface area contributed by atoms with Crippen molar-refractivity contribution in [1.29, 1.82) is 0 Å². The first-order chi connectivity index (χ1) is 16.0. The van der Waals surface area contributed by atoms with E-state index in [4.69, 9.17) is 27.9 Å². The smallest absolute Gasteiger partial charge is 0.410 e. The lowest BCUT2D eigenvalue weighted by Gasteiger charge is -2.30. The maximum atomic E-state index is 13.7. The van der Waals surface area contributed by atoms with Gasteiger partial charge in [-0.3, -0.25) is 9.78 Å². The maximum Gasteiger partial charge on any atom is 0.410 e. The zero-order valence-electron chi connectivity index (χ0n) is 20.0. The van der Waals surface area contributed by atoms with Gasteiger partial charge in [-0.25, -0.2) is 4.79 Å². The summed E-state index contributed by atoms with van der Waals surface area (Å²) in [5.41, 5.74) is 2.67. The van der Waals surface area contributed by atoms with Crippen LogP contribution >= 0.6 is 23.2 Å². The third-order valence-electron chi connectivity index (χ3n) is 6.56. The molecule has 1 saturated heterocycles. The molecule has 1 aliphatic carbocycles. The molecule has 1 aromatic heterocycles. The average Bonchev–Trinajstić information content (AvgIpc) is 3.31. The molecule has 7 nitrogen and oxygen atoms in total. The number of aryl methyl sites for hydroxylation is 1. The standard InChI is InChI=1S/C25H31Cl2N3O4/c1-14-18(13-31)21(17-8-7-15(26)10-19(17)27)22-20(28-14)12-29(23(22)32)11-16-6-5-9-30(16)24(33)34-25(2,3)4/h7,10,16-17,31H,5-6,8-9,11-13H2,1-4H3. The largest absolute Gasteiger partial charge is 0.444 e. The van der Waals surface area contributed by atoms with Crippen LogP contribution < -0.4 is 0 Å². The van der Waals surface area contributed by atoms with Crippen LogP contribution in [0.25, 0.3) is 0 Å². The van der Waals surface area contributed by atoms with Crippen molar-refractivity contribution in [3.05, 3.63) is 50.3 Å². The van der Waals surface area contributed by atoms with Gasteiger partial charge in [-0.2, -0.15) is 0 Å². The molecule has 3 heterocycles. The molecule has 4 rings (SSSR count). The molecule has 34 heavy (non-hydrogen) atoms. The lowest BCUT2D eigenvalue weighted by atomic mass is 9.84. The molecule has 1 N–H and O–H groups in total. The first kappa shape index (κ1) is 25.0. The summed E-state index contributed by atoms with van der Waals surface area (Å²) in [6.45, 7) is 8.52. The summed E-state index contributed by atoms with van der Waals surface area (Å²) in [5, 5.41) is 11.2. The predicted molar refractivity (Wildman–Crippen MR) is 131 cm³/mol. The number of halogens is 2. The second-order valence-corrected chi connectivity index (χ2v) is 11.0. The monoisotopic (exact) mass is 507 g/mol. The van der Waals surface area contributed by atoms with Crippen LogP contribution in [0.1, 0.15) is 78.8 Å². The lowest BCUT2D eigenvalue weighted by molar-refractivity contribution is 0.0193. The fraction of sp³-hybridized carbons (Fsp3) is 0.560. The number of rotatable bonds is 4. The number of pyridine rings is 1. The molecule has 0 spiro atoms. The Morgan fingerprint density at radius 2 is 2.06 bits per heavy atom. The van der Waals surface area contributed by atoms with Crippen molar-refractivity contribution in [2.45, 2.75) is 77.7 Å². The number of carbonyl (C=O) groups is 2. The second-order valence-electron chi connectivity index (χ2n) is 10.1. The highest BCUT2D eigenvalue weighted by atomic mass is 35.5. The number of allylic oxidation sites excluding steroid dienone is 4. The Kier molecular flexibility index (Phi) is 7.00. The quantitative estimate of drug-likeness (QED) is 0.621. The minimum absolute atomic E-state index is 0.116. The number of aliphatic hydroxyl groups is 1. The fourth-order valence-electron chi connectivity index (χ4n) is 5.05. The van der Waals surface area contributed by atoms with Gasteiger partial charge in [-0.1, -0.05) is 29.3 Å². The van der Waals surface area contributed by atoms with E-state index >= 15 is 0 Å². The molecule has 0 bridgehead atoms. The zero-order chi connectivity index (χ0) is 24.8. The topological polar surface area (TPSA) is 83.0 Å². The van der Waals surface area contributed by atoms with Crippen molar-refractivity contribution in [2.75, 3.05) is 13.1 Å². The summed E-state index contributed by atoms with van der Waals surface area (Å²) in [6, 6.07) is -0.116. The first-order valence-corrected chi connectivity index (χ1v) is 12.4. The van der Waals surface area contributed by atoms with Gasteiger partial charge in [-0.05, 0) is 58.6 Å².